The highest BCUT2D eigenvalue weighted by Crippen LogP contribution is 2.05. The van der Waals surface area contributed by atoms with Gasteiger partial charge in [0.05, 0.1) is 12.5 Å². The van der Waals surface area contributed by atoms with Gasteiger partial charge in [-0.05, 0) is 6.42 Å². The molecule has 1 aliphatic heterocycles. The number of aliphatic carboxylic acids is 1. The summed E-state index contributed by atoms with van der Waals surface area (Å²) < 4.78 is 0. The number of nitrogens with two attached hydrogens (primary N) is 1. The zero-order chi connectivity index (χ0) is 12.8. The minimum atomic E-state index is -0.781. The van der Waals surface area contributed by atoms with Gasteiger partial charge in [0, 0.05) is 32.7 Å². The summed E-state index contributed by atoms with van der Waals surface area (Å²) in [5, 5.41) is 8.58. The minimum Gasteiger partial charge on any atom is -0.481 e. The molecule has 0 aliphatic carbocycles. The van der Waals surface area contributed by atoms with Crippen LogP contribution in [0, 0.1) is 0 Å². The average Bonchev–Trinajstić information content (AvgIpc) is 2.35. The van der Waals surface area contributed by atoms with Crippen molar-refractivity contribution >= 4 is 11.9 Å². The van der Waals surface area contributed by atoms with Crippen LogP contribution in [0.25, 0.3) is 0 Å². The third-order valence-corrected chi connectivity index (χ3v) is 3.08. The van der Waals surface area contributed by atoms with Crippen molar-refractivity contribution < 1.29 is 14.7 Å². The van der Waals surface area contributed by atoms with E-state index >= 15 is 0 Å². The van der Waals surface area contributed by atoms with Crippen molar-refractivity contribution in [3.8, 4) is 0 Å². The molecular formula is C11H21N3O3. The van der Waals surface area contributed by atoms with E-state index < -0.39 is 12.0 Å². The van der Waals surface area contributed by atoms with Crippen LogP contribution in [0.15, 0.2) is 0 Å². The van der Waals surface area contributed by atoms with Crippen LogP contribution in [0.3, 0.4) is 0 Å². The van der Waals surface area contributed by atoms with E-state index in [1.54, 1.807) is 4.90 Å². The molecule has 6 nitrogen and oxygen atoms in total. The molecule has 1 atom stereocenters. The lowest BCUT2D eigenvalue weighted by Crippen LogP contribution is -2.53. The van der Waals surface area contributed by atoms with Gasteiger partial charge >= 0.3 is 5.97 Å². The van der Waals surface area contributed by atoms with Crippen molar-refractivity contribution in [2.45, 2.75) is 25.8 Å². The molecule has 1 aliphatic rings. The lowest BCUT2D eigenvalue weighted by molar-refractivity contribution is -0.138. The van der Waals surface area contributed by atoms with E-state index in [1.807, 2.05) is 6.92 Å². The molecule has 98 valence electrons. The van der Waals surface area contributed by atoms with E-state index in [-0.39, 0.29) is 12.3 Å². The second-order valence-electron chi connectivity index (χ2n) is 4.33. The summed E-state index contributed by atoms with van der Waals surface area (Å²) in [7, 11) is 0. The second kappa shape index (κ2) is 6.56. The van der Waals surface area contributed by atoms with E-state index in [1.165, 1.54) is 0 Å². The number of carboxylic acid groups (broad SMARTS) is 1. The predicted molar refractivity (Wildman–Crippen MR) is 63.5 cm³/mol. The molecule has 0 aromatic carbocycles. The topological polar surface area (TPSA) is 86.9 Å². The van der Waals surface area contributed by atoms with Gasteiger partial charge in [-0.15, -0.1) is 0 Å². The lowest BCUT2D eigenvalue weighted by Gasteiger charge is -2.35. The number of carbonyl (C=O) groups excluding carboxylic acids is 1. The fraction of sp³-hybridized carbons (Fsp3) is 0.818. The molecule has 1 saturated heterocycles. The maximum atomic E-state index is 11.8. The van der Waals surface area contributed by atoms with Crippen LogP contribution >= 0.6 is 0 Å². The van der Waals surface area contributed by atoms with E-state index in [2.05, 4.69) is 4.90 Å². The van der Waals surface area contributed by atoms with E-state index in [0.29, 0.717) is 26.1 Å². The van der Waals surface area contributed by atoms with Gasteiger partial charge in [0.1, 0.15) is 0 Å². The SMILES string of the molecule is CC[C@@H](N)C(=O)N1CCN(CCC(=O)O)CC1. The first-order chi connectivity index (χ1) is 8.04. The summed E-state index contributed by atoms with van der Waals surface area (Å²) in [6, 6.07) is -0.402. The van der Waals surface area contributed by atoms with Crippen LogP contribution in [0.1, 0.15) is 19.8 Å². The van der Waals surface area contributed by atoms with Gasteiger partial charge in [0.25, 0.3) is 0 Å². The molecular weight excluding hydrogens is 222 g/mol. The number of carboxylic acids is 1. The quantitative estimate of drug-likeness (QED) is 0.669. The fourth-order valence-corrected chi connectivity index (χ4v) is 1.85. The number of hydrogen-bond acceptors (Lipinski definition) is 4. The Labute approximate surface area is 101 Å². The Kier molecular flexibility index (Phi) is 5.37. The molecule has 0 radical (unpaired) electrons. The van der Waals surface area contributed by atoms with Crippen molar-refractivity contribution in [2.75, 3.05) is 32.7 Å². The highest BCUT2D eigenvalue weighted by molar-refractivity contribution is 5.81. The van der Waals surface area contributed by atoms with Gasteiger partial charge in [-0.2, -0.15) is 0 Å². The summed E-state index contributed by atoms with van der Waals surface area (Å²) in [5.41, 5.74) is 5.70. The Balaban J connectivity index is 2.30. The first-order valence-corrected chi connectivity index (χ1v) is 6.03. The van der Waals surface area contributed by atoms with Crippen LogP contribution in [-0.4, -0.2) is 65.5 Å². The zero-order valence-electron chi connectivity index (χ0n) is 10.3. The van der Waals surface area contributed by atoms with E-state index in [0.717, 1.165) is 13.1 Å². The standard InChI is InChI=1S/C11H21N3O3/c1-2-9(12)11(17)14-7-5-13(6-8-14)4-3-10(15)16/h9H,2-8,12H2,1H3,(H,15,16)/t9-/m1/s1. The van der Waals surface area contributed by atoms with Crippen LogP contribution < -0.4 is 5.73 Å². The molecule has 0 bridgehead atoms. The molecule has 1 amide bonds. The van der Waals surface area contributed by atoms with Gasteiger partial charge < -0.3 is 15.7 Å². The number of carbonyl (C=O) groups is 2. The molecule has 0 unspecified atom stereocenters. The van der Waals surface area contributed by atoms with Crippen LogP contribution in [0.2, 0.25) is 0 Å². The second-order valence-corrected chi connectivity index (χ2v) is 4.33. The van der Waals surface area contributed by atoms with Crippen LogP contribution in [0.5, 0.6) is 0 Å². The van der Waals surface area contributed by atoms with Crippen molar-refractivity contribution in [3.05, 3.63) is 0 Å². The predicted octanol–water partition coefficient (Wildman–Crippen LogP) is -0.657. The summed E-state index contributed by atoms with van der Waals surface area (Å²) >= 11 is 0. The van der Waals surface area contributed by atoms with Gasteiger partial charge in [-0.1, -0.05) is 6.92 Å². The maximum absolute atomic E-state index is 11.8. The molecule has 1 fully saturated rings. The maximum Gasteiger partial charge on any atom is 0.304 e. The first-order valence-electron chi connectivity index (χ1n) is 6.03. The normalized spacial score (nSPS) is 19.1. The summed E-state index contributed by atoms with van der Waals surface area (Å²) in [5.74, 6) is -0.776. The molecule has 6 heteroatoms. The smallest absolute Gasteiger partial charge is 0.304 e. The van der Waals surface area contributed by atoms with E-state index in [9.17, 15) is 9.59 Å². The number of amides is 1. The Bertz CT molecular complexity index is 275. The molecule has 0 spiro atoms. The van der Waals surface area contributed by atoms with Crippen LogP contribution in [-0.2, 0) is 9.59 Å². The van der Waals surface area contributed by atoms with Crippen molar-refractivity contribution in [1.82, 2.24) is 9.80 Å². The fourth-order valence-electron chi connectivity index (χ4n) is 1.85. The third-order valence-electron chi connectivity index (χ3n) is 3.08. The van der Waals surface area contributed by atoms with E-state index in [4.69, 9.17) is 10.8 Å². The Hall–Kier alpha value is -1.14. The number of nitrogens with zero attached hydrogens (tertiary/aromatic N) is 2. The summed E-state index contributed by atoms with van der Waals surface area (Å²) in [6.07, 6.45) is 0.806. The van der Waals surface area contributed by atoms with Crippen LogP contribution in [0.4, 0.5) is 0 Å². The number of rotatable bonds is 5. The Morgan fingerprint density at radius 3 is 2.35 bits per heavy atom. The molecule has 3 N–H and O–H groups in total. The van der Waals surface area contributed by atoms with Gasteiger partial charge in [0.2, 0.25) is 5.91 Å². The Morgan fingerprint density at radius 1 is 1.29 bits per heavy atom. The summed E-state index contributed by atoms with van der Waals surface area (Å²) in [4.78, 5) is 26.1. The van der Waals surface area contributed by atoms with Crippen molar-refractivity contribution in [3.63, 3.8) is 0 Å². The molecule has 0 aromatic rings. The first kappa shape index (κ1) is 13.9. The monoisotopic (exact) mass is 243 g/mol. The van der Waals surface area contributed by atoms with Gasteiger partial charge in [0.15, 0.2) is 0 Å². The Morgan fingerprint density at radius 2 is 1.88 bits per heavy atom. The average molecular weight is 243 g/mol. The highest BCUT2D eigenvalue weighted by atomic mass is 16.4. The zero-order valence-corrected chi connectivity index (χ0v) is 10.3. The van der Waals surface area contributed by atoms with Crippen molar-refractivity contribution in [2.24, 2.45) is 5.73 Å². The molecule has 17 heavy (non-hydrogen) atoms. The molecule has 1 heterocycles. The molecule has 1 rings (SSSR count). The van der Waals surface area contributed by atoms with Gasteiger partial charge in [-0.25, -0.2) is 0 Å². The number of piperazine rings is 1. The minimum absolute atomic E-state index is 0.00499. The molecule has 0 aromatic heterocycles. The highest BCUT2D eigenvalue weighted by Gasteiger charge is 2.24. The largest absolute Gasteiger partial charge is 0.481 e. The van der Waals surface area contributed by atoms with Gasteiger partial charge in [-0.3, -0.25) is 14.5 Å². The molecule has 0 saturated carbocycles. The third kappa shape index (κ3) is 4.32. The lowest BCUT2D eigenvalue weighted by atomic mass is 10.2. The summed E-state index contributed by atoms with van der Waals surface area (Å²) in [6.45, 7) is 5.20. The van der Waals surface area contributed by atoms with Crippen molar-refractivity contribution in [1.29, 1.82) is 0 Å². The number of hydrogen-bond donors (Lipinski definition) is 2.